The molecule has 24 heavy (non-hydrogen) atoms. The van der Waals surface area contributed by atoms with Crippen LogP contribution in [0.1, 0.15) is 17.3 Å². The minimum Gasteiger partial charge on any atom is -0.464 e. The van der Waals surface area contributed by atoms with E-state index in [1.807, 2.05) is 0 Å². The molecule has 1 aromatic rings. The Morgan fingerprint density at radius 1 is 1.42 bits per heavy atom. The molecule has 0 radical (unpaired) electrons. The lowest BCUT2D eigenvalue weighted by Gasteiger charge is -2.33. The van der Waals surface area contributed by atoms with Crippen LogP contribution in [0.2, 0.25) is 0 Å². The molecule has 0 aromatic heterocycles. The molecular weight excluding hydrogens is 352 g/mol. The summed E-state index contributed by atoms with van der Waals surface area (Å²) in [6, 6.07) is 5.13. The van der Waals surface area contributed by atoms with E-state index in [0.29, 0.717) is 12.3 Å². The Bertz CT molecular complexity index is 720. The van der Waals surface area contributed by atoms with Crippen molar-refractivity contribution in [1.29, 1.82) is 0 Å². The van der Waals surface area contributed by atoms with E-state index in [2.05, 4.69) is 4.72 Å². The maximum absolute atomic E-state index is 12.8. The molecule has 132 valence electrons. The van der Waals surface area contributed by atoms with Gasteiger partial charge in [-0.2, -0.15) is 11.8 Å². The average Bonchev–Trinajstić information content (AvgIpc) is 2.61. The van der Waals surface area contributed by atoms with Crippen molar-refractivity contribution in [3.63, 3.8) is 0 Å². The highest BCUT2D eigenvalue weighted by Crippen LogP contribution is 2.21. The standard InChI is InChI=1S/C15H20N2O5S2/c1-3-22-15(19)13-10-23-8-7-17(13)14(18)11-5-4-6-12(9-11)24(20,21)16-2/h4-6,9,13,16H,3,7-8,10H2,1-2H3. The lowest BCUT2D eigenvalue weighted by molar-refractivity contribution is -0.147. The van der Waals surface area contributed by atoms with Gasteiger partial charge in [-0.05, 0) is 32.2 Å². The van der Waals surface area contributed by atoms with Crippen molar-refractivity contribution >= 4 is 33.7 Å². The van der Waals surface area contributed by atoms with Gasteiger partial charge in [0.1, 0.15) is 6.04 Å². The van der Waals surface area contributed by atoms with Gasteiger partial charge in [-0.1, -0.05) is 6.07 Å². The Balaban J connectivity index is 2.29. The van der Waals surface area contributed by atoms with Gasteiger partial charge >= 0.3 is 5.97 Å². The first-order valence-corrected chi connectivity index (χ1v) is 10.1. The number of hydrogen-bond donors (Lipinski definition) is 1. The predicted octanol–water partition coefficient (Wildman–Crippen LogP) is 0.715. The third-order valence-corrected chi connectivity index (χ3v) is 6.04. The van der Waals surface area contributed by atoms with Gasteiger partial charge in [0, 0.05) is 23.6 Å². The van der Waals surface area contributed by atoms with Crippen LogP contribution < -0.4 is 4.72 Å². The molecule has 1 atom stereocenters. The second-order valence-corrected chi connectivity index (χ2v) is 8.11. The SMILES string of the molecule is CCOC(=O)C1CSCCN1C(=O)c1cccc(S(=O)(=O)NC)c1. The number of benzene rings is 1. The topological polar surface area (TPSA) is 92.8 Å². The highest BCUT2D eigenvalue weighted by atomic mass is 32.2. The smallest absolute Gasteiger partial charge is 0.329 e. The fourth-order valence-electron chi connectivity index (χ4n) is 2.36. The summed E-state index contributed by atoms with van der Waals surface area (Å²) in [5.41, 5.74) is 0.229. The molecule has 1 aromatic carbocycles. The van der Waals surface area contributed by atoms with Crippen LogP contribution in [0.15, 0.2) is 29.2 Å². The fourth-order valence-corrected chi connectivity index (χ4v) is 4.17. The first-order chi connectivity index (χ1) is 11.4. The molecule has 9 heteroatoms. The van der Waals surface area contributed by atoms with Crippen molar-refractivity contribution in [2.24, 2.45) is 0 Å². The third-order valence-electron chi connectivity index (χ3n) is 3.61. The number of carbonyl (C=O) groups is 2. The van der Waals surface area contributed by atoms with Crippen LogP contribution in [0.5, 0.6) is 0 Å². The number of ether oxygens (including phenoxy) is 1. The van der Waals surface area contributed by atoms with Crippen LogP contribution in [0.25, 0.3) is 0 Å². The summed E-state index contributed by atoms with van der Waals surface area (Å²) in [6.45, 7) is 2.38. The first kappa shape index (κ1) is 18.8. The number of amides is 1. The Morgan fingerprint density at radius 2 is 2.17 bits per heavy atom. The van der Waals surface area contributed by atoms with Crippen molar-refractivity contribution in [2.75, 3.05) is 31.7 Å². The summed E-state index contributed by atoms with van der Waals surface area (Å²) in [5, 5.41) is 0. The van der Waals surface area contributed by atoms with Gasteiger partial charge < -0.3 is 9.64 Å². The molecule has 1 unspecified atom stereocenters. The summed E-state index contributed by atoms with van der Waals surface area (Å²) in [7, 11) is -2.33. The maximum Gasteiger partial charge on any atom is 0.329 e. The first-order valence-electron chi connectivity index (χ1n) is 7.49. The van der Waals surface area contributed by atoms with E-state index >= 15 is 0 Å². The van der Waals surface area contributed by atoms with Crippen molar-refractivity contribution in [1.82, 2.24) is 9.62 Å². The van der Waals surface area contributed by atoms with Gasteiger partial charge in [-0.15, -0.1) is 0 Å². The third kappa shape index (κ3) is 4.08. The molecule has 2 rings (SSSR count). The van der Waals surface area contributed by atoms with Gasteiger partial charge in [-0.25, -0.2) is 17.9 Å². The summed E-state index contributed by atoms with van der Waals surface area (Å²) < 4.78 is 31.1. The van der Waals surface area contributed by atoms with Gasteiger partial charge in [0.2, 0.25) is 10.0 Å². The van der Waals surface area contributed by atoms with Crippen LogP contribution in [0.4, 0.5) is 0 Å². The van der Waals surface area contributed by atoms with E-state index in [9.17, 15) is 18.0 Å². The maximum atomic E-state index is 12.8. The number of hydrogen-bond acceptors (Lipinski definition) is 6. The monoisotopic (exact) mass is 372 g/mol. The molecule has 1 heterocycles. The molecule has 0 bridgehead atoms. The number of sulfonamides is 1. The summed E-state index contributed by atoms with van der Waals surface area (Å²) in [6.07, 6.45) is 0. The fraction of sp³-hybridized carbons (Fsp3) is 0.467. The van der Waals surface area contributed by atoms with Crippen molar-refractivity contribution in [2.45, 2.75) is 17.9 Å². The second kappa shape index (κ2) is 8.00. The lowest BCUT2D eigenvalue weighted by Crippen LogP contribution is -2.51. The summed E-state index contributed by atoms with van der Waals surface area (Å²) in [5.74, 6) is 0.383. The zero-order valence-electron chi connectivity index (χ0n) is 13.5. The van der Waals surface area contributed by atoms with Crippen LogP contribution in [-0.2, 0) is 19.6 Å². The normalized spacial score (nSPS) is 18.2. The van der Waals surface area contributed by atoms with Gasteiger partial charge in [0.25, 0.3) is 5.91 Å². The Kier molecular flexibility index (Phi) is 6.25. The van der Waals surface area contributed by atoms with E-state index < -0.39 is 22.0 Å². The largest absolute Gasteiger partial charge is 0.464 e. The lowest BCUT2D eigenvalue weighted by atomic mass is 10.1. The van der Waals surface area contributed by atoms with Gasteiger partial charge in [-0.3, -0.25) is 4.79 Å². The van der Waals surface area contributed by atoms with Crippen molar-refractivity contribution in [3.05, 3.63) is 29.8 Å². The van der Waals surface area contributed by atoms with E-state index in [0.717, 1.165) is 5.75 Å². The number of nitrogens with one attached hydrogen (secondary N) is 1. The molecule has 0 saturated carbocycles. The van der Waals surface area contributed by atoms with Crippen LogP contribution in [-0.4, -0.2) is 62.9 Å². The molecule has 1 amide bonds. The predicted molar refractivity (Wildman–Crippen MR) is 91.5 cm³/mol. The quantitative estimate of drug-likeness (QED) is 0.766. The van der Waals surface area contributed by atoms with Crippen LogP contribution in [0.3, 0.4) is 0 Å². The molecule has 1 aliphatic heterocycles. The number of esters is 1. The Morgan fingerprint density at radius 3 is 2.83 bits per heavy atom. The van der Waals surface area contributed by atoms with E-state index in [4.69, 9.17) is 4.74 Å². The van der Waals surface area contributed by atoms with Crippen molar-refractivity contribution in [3.8, 4) is 0 Å². The zero-order chi connectivity index (χ0) is 17.7. The van der Waals surface area contributed by atoms with E-state index in [1.165, 1.54) is 30.1 Å². The van der Waals surface area contributed by atoms with E-state index in [-0.39, 0.29) is 23.0 Å². The summed E-state index contributed by atoms with van der Waals surface area (Å²) >= 11 is 1.58. The molecule has 1 N–H and O–H groups in total. The number of nitrogens with zero attached hydrogens (tertiary/aromatic N) is 1. The Labute approximate surface area is 145 Å². The molecule has 7 nitrogen and oxygen atoms in total. The van der Waals surface area contributed by atoms with Crippen LogP contribution >= 0.6 is 11.8 Å². The van der Waals surface area contributed by atoms with Gasteiger partial charge in [0.15, 0.2) is 0 Å². The minimum atomic E-state index is -3.64. The average molecular weight is 372 g/mol. The van der Waals surface area contributed by atoms with E-state index in [1.54, 1.807) is 24.8 Å². The van der Waals surface area contributed by atoms with Crippen molar-refractivity contribution < 1.29 is 22.7 Å². The highest BCUT2D eigenvalue weighted by Gasteiger charge is 2.34. The number of thioether (sulfide) groups is 1. The number of carbonyl (C=O) groups excluding carboxylic acids is 2. The molecular formula is C15H20N2O5S2. The zero-order valence-corrected chi connectivity index (χ0v) is 15.2. The molecule has 0 aliphatic carbocycles. The molecule has 1 saturated heterocycles. The minimum absolute atomic E-state index is 0.00918. The van der Waals surface area contributed by atoms with Crippen LogP contribution in [0, 0.1) is 0 Å². The molecule has 1 aliphatic rings. The summed E-state index contributed by atoms with van der Waals surface area (Å²) in [4.78, 5) is 26.3. The second-order valence-electron chi connectivity index (χ2n) is 5.08. The molecule has 1 fully saturated rings. The Hall–Kier alpha value is -1.58. The highest BCUT2D eigenvalue weighted by molar-refractivity contribution is 7.99. The molecule has 0 spiro atoms. The number of rotatable bonds is 5. The van der Waals surface area contributed by atoms with Gasteiger partial charge in [0.05, 0.1) is 11.5 Å².